The number of ketones is 1. The van der Waals surface area contributed by atoms with Gasteiger partial charge in [-0.15, -0.1) is 0 Å². The number of hydrogen-bond acceptors (Lipinski definition) is 6. The molecule has 0 amide bonds. The Hall–Kier alpha value is -1.36. The lowest BCUT2D eigenvalue weighted by atomic mass is 10.2. The fraction of sp³-hybridized carbons (Fsp3) is 0.650. The number of ether oxygens (including phenoxy) is 2. The number of benzene rings is 1. The van der Waals surface area contributed by atoms with E-state index in [1.807, 2.05) is 0 Å². The van der Waals surface area contributed by atoms with Gasteiger partial charge in [0, 0.05) is 12.2 Å². The summed E-state index contributed by atoms with van der Waals surface area (Å²) in [4.78, 5) is 12.7. The van der Waals surface area contributed by atoms with Gasteiger partial charge in [0.15, 0.2) is 5.78 Å². The molecule has 9 heteroatoms. The van der Waals surface area contributed by atoms with E-state index in [0.717, 1.165) is 24.3 Å². The van der Waals surface area contributed by atoms with Crippen molar-refractivity contribution in [1.29, 1.82) is 0 Å². The minimum Gasteiger partial charge on any atom is -0.385 e. The third-order valence-corrected chi connectivity index (χ3v) is 7.40. The molecule has 3 rings (SSSR count). The largest absolute Gasteiger partial charge is 0.385 e. The van der Waals surface area contributed by atoms with Crippen LogP contribution >= 0.6 is 0 Å². The number of rotatable bonds is 9. The minimum absolute atomic E-state index is 0.0931. The average molecular weight is 428 g/mol. The zero-order chi connectivity index (χ0) is 20.9. The van der Waals surface area contributed by atoms with Gasteiger partial charge in [-0.3, -0.25) is 4.79 Å². The number of nitrogens with one attached hydrogen (secondary N) is 1. The molecule has 2 aliphatic heterocycles. The van der Waals surface area contributed by atoms with E-state index in [9.17, 15) is 18.3 Å². The second-order valence-electron chi connectivity index (χ2n) is 7.77. The number of aliphatic hydroxyl groups excluding tert-OH is 1. The van der Waals surface area contributed by atoms with Crippen LogP contribution in [0.15, 0.2) is 29.2 Å². The molecule has 0 aromatic heterocycles. The number of carbonyl (C=O) groups excluding carboxylic acids is 1. The van der Waals surface area contributed by atoms with Crippen molar-refractivity contribution in [3.8, 4) is 0 Å². The number of quaternary nitrogens is 1. The van der Waals surface area contributed by atoms with Crippen molar-refractivity contribution in [2.75, 3.05) is 52.5 Å². The fourth-order valence-corrected chi connectivity index (χ4v) is 5.20. The molecule has 0 spiro atoms. The van der Waals surface area contributed by atoms with Gasteiger partial charge < -0.3 is 19.5 Å². The first-order valence-electron chi connectivity index (χ1n) is 10.2. The molecule has 29 heavy (non-hydrogen) atoms. The molecule has 8 nitrogen and oxygen atoms in total. The Balaban J connectivity index is 1.43. The molecule has 2 atom stereocenters. The molecule has 2 saturated heterocycles. The van der Waals surface area contributed by atoms with Crippen LogP contribution in [0.5, 0.6) is 0 Å². The third-order valence-electron chi connectivity index (χ3n) is 5.49. The average Bonchev–Trinajstić information content (AvgIpc) is 3.22. The molecule has 2 heterocycles. The van der Waals surface area contributed by atoms with Gasteiger partial charge in [0.2, 0.25) is 10.0 Å². The molecule has 1 aromatic rings. The van der Waals surface area contributed by atoms with Gasteiger partial charge in [-0.05, 0) is 31.9 Å². The Bertz CT molecular complexity index is 769. The van der Waals surface area contributed by atoms with Crippen LogP contribution in [-0.4, -0.2) is 88.4 Å². The maximum absolute atomic E-state index is 12.8. The SMILES string of the molecule is CC(=O)c1ccc(S(=O)(=O)N2CC[NH+](C[C@H](O)COC[C@H]3CCCO3)CC2)cc1. The van der Waals surface area contributed by atoms with Crippen LogP contribution in [0.3, 0.4) is 0 Å². The normalized spacial score (nSPS) is 22.6. The summed E-state index contributed by atoms with van der Waals surface area (Å²) in [6.07, 6.45) is 1.64. The summed E-state index contributed by atoms with van der Waals surface area (Å²) in [5, 5.41) is 10.2. The lowest BCUT2D eigenvalue weighted by molar-refractivity contribution is -0.906. The Labute approximate surface area is 172 Å². The highest BCUT2D eigenvalue weighted by Gasteiger charge is 2.31. The molecule has 0 saturated carbocycles. The number of piperazine rings is 1. The maximum Gasteiger partial charge on any atom is 0.243 e. The van der Waals surface area contributed by atoms with Crippen LogP contribution in [0.1, 0.15) is 30.1 Å². The zero-order valence-electron chi connectivity index (χ0n) is 16.9. The standard InChI is InChI=1S/C20H30N2O6S/c1-16(23)17-4-6-20(7-5-17)29(25,26)22-10-8-21(9-11-22)13-18(24)14-27-15-19-3-2-12-28-19/h4-7,18-19,24H,2-3,8-15H2,1H3/p+1/t18-,19+/m0/s1. The summed E-state index contributed by atoms with van der Waals surface area (Å²) in [5.74, 6) is -0.0931. The molecule has 0 unspecified atom stereocenters. The maximum atomic E-state index is 12.8. The topological polar surface area (TPSA) is 97.6 Å². The van der Waals surface area contributed by atoms with Crippen molar-refractivity contribution in [2.45, 2.75) is 36.9 Å². The summed E-state index contributed by atoms with van der Waals surface area (Å²) in [5.41, 5.74) is 0.494. The summed E-state index contributed by atoms with van der Waals surface area (Å²) in [6, 6.07) is 6.06. The van der Waals surface area contributed by atoms with E-state index in [1.165, 1.54) is 23.4 Å². The van der Waals surface area contributed by atoms with Gasteiger partial charge in [0.1, 0.15) is 12.6 Å². The molecule has 2 N–H and O–H groups in total. The smallest absolute Gasteiger partial charge is 0.243 e. The predicted octanol–water partition coefficient (Wildman–Crippen LogP) is -0.665. The van der Waals surface area contributed by atoms with Gasteiger partial charge in [-0.1, -0.05) is 12.1 Å². The summed E-state index contributed by atoms with van der Waals surface area (Å²) in [7, 11) is -3.57. The van der Waals surface area contributed by atoms with E-state index in [1.54, 1.807) is 12.1 Å². The number of nitrogens with zero attached hydrogens (tertiary/aromatic N) is 1. The molecule has 2 aliphatic rings. The molecular weight excluding hydrogens is 396 g/mol. The zero-order valence-corrected chi connectivity index (χ0v) is 17.7. The lowest BCUT2D eigenvalue weighted by Gasteiger charge is -2.32. The molecule has 162 valence electrons. The third kappa shape index (κ3) is 6.07. The van der Waals surface area contributed by atoms with E-state index in [-0.39, 0.29) is 23.4 Å². The highest BCUT2D eigenvalue weighted by molar-refractivity contribution is 7.89. The van der Waals surface area contributed by atoms with Crippen LogP contribution in [0.4, 0.5) is 0 Å². The van der Waals surface area contributed by atoms with E-state index in [0.29, 0.717) is 44.9 Å². The van der Waals surface area contributed by atoms with Crippen molar-refractivity contribution in [3.63, 3.8) is 0 Å². The van der Waals surface area contributed by atoms with E-state index >= 15 is 0 Å². The van der Waals surface area contributed by atoms with Crippen molar-refractivity contribution >= 4 is 15.8 Å². The Morgan fingerprint density at radius 1 is 1.31 bits per heavy atom. The van der Waals surface area contributed by atoms with Gasteiger partial charge >= 0.3 is 0 Å². The Morgan fingerprint density at radius 2 is 2.00 bits per heavy atom. The van der Waals surface area contributed by atoms with Crippen LogP contribution in [0.25, 0.3) is 0 Å². The van der Waals surface area contributed by atoms with Crippen LogP contribution in [-0.2, 0) is 19.5 Å². The number of hydrogen-bond donors (Lipinski definition) is 2. The van der Waals surface area contributed by atoms with Gasteiger partial charge in [0.25, 0.3) is 0 Å². The summed E-state index contributed by atoms with van der Waals surface area (Å²) >= 11 is 0. The number of carbonyl (C=O) groups is 1. The first-order valence-corrected chi connectivity index (χ1v) is 11.6. The predicted molar refractivity (Wildman–Crippen MR) is 107 cm³/mol. The van der Waals surface area contributed by atoms with Gasteiger partial charge in [-0.2, -0.15) is 4.31 Å². The fourth-order valence-electron chi connectivity index (χ4n) is 3.76. The molecule has 0 radical (unpaired) electrons. The minimum atomic E-state index is -3.57. The van der Waals surface area contributed by atoms with E-state index in [4.69, 9.17) is 9.47 Å². The second kappa shape index (κ2) is 10.1. The molecule has 2 fully saturated rings. The highest BCUT2D eigenvalue weighted by Crippen LogP contribution is 2.17. The quantitative estimate of drug-likeness (QED) is 0.508. The number of Topliss-reactive ketones (excluding diaryl/α,β-unsaturated/α-hetero) is 1. The van der Waals surface area contributed by atoms with Crippen molar-refractivity contribution < 1.29 is 32.7 Å². The highest BCUT2D eigenvalue weighted by atomic mass is 32.2. The first kappa shape index (κ1) is 22.3. The van der Waals surface area contributed by atoms with Crippen LogP contribution < -0.4 is 4.90 Å². The van der Waals surface area contributed by atoms with Crippen LogP contribution in [0, 0.1) is 0 Å². The Morgan fingerprint density at radius 3 is 2.59 bits per heavy atom. The second-order valence-corrected chi connectivity index (χ2v) is 9.70. The first-order chi connectivity index (χ1) is 13.9. The van der Waals surface area contributed by atoms with Gasteiger partial charge in [-0.25, -0.2) is 8.42 Å². The van der Waals surface area contributed by atoms with Crippen molar-refractivity contribution in [3.05, 3.63) is 29.8 Å². The molecule has 0 bridgehead atoms. The summed E-state index contributed by atoms with van der Waals surface area (Å²) in [6.45, 7) is 5.62. The van der Waals surface area contributed by atoms with E-state index in [2.05, 4.69) is 0 Å². The van der Waals surface area contributed by atoms with Gasteiger partial charge in [0.05, 0.1) is 50.4 Å². The lowest BCUT2D eigenvalue weighted by Crippen LogP contribution is -3.15. The monoisotopic (exact) mass is 427 g/mol. The number of sulfonamides is 1. The Kier molecular flexibility index (Phi) is 7.78. The molecule has 0 aliphatic carbocycles. The van der Waals surface area contributed by atoms with Crippen LogP contribution in [0.2, 0.25) is 0 Å². The summed E-state index contributed by atoms with van der Waals surface area (Å²) < 4.78 is 38.2. The van der Waals surface area contributed by atoms with E-state index < -0.39 is 16.1 Å². The molecular formula is C20H31N2O6S+. The number of aliphatic hydroxyl groups is 1. The van der Waals surface area contributed by atoms with Crippen molar-refractivity contribution in [1.82, 2.24) is 4.31 Å². The molecule has 1 aromatic carbocycles. The van der Waals surface area contributed by atoms with Crippen molar-refractivity contribution in [2.24, 2.45) is 0 Å².